The third-order valence-corrected chi connectivity index (χ3v) is 5.58. The smallest absolute Gasteiger partial charge is 0.387 e. The SMILES string of the molecule is CC(C)[C@@H](N=C1NS(=O)(=O)c2ccccc21)C(=O)Nc1ccc(OC(F)F)cc1. The van der Waals surface area contributed by atoms with Crippen molar-refractivity contribution in [3.8, 4) is 5.75 Å². The van der Waals surface area contributed by atoms with E-state index in [0.717, 1.165) is 0 Å². The predicted molar refractivity (Wildman–Crippen MR) is 104 cm³/mol. The number of carbonyl (C=O) groups is 1. The molecular weight excluding hydrogens is 404 g/mol. The van der Waals surface area contributed by atoms with Crippen molar-refractivity contribution in [3.63, 3.8) is 0 Å². The topological polar surface area (TPSA) is 96.9 Å². The highest BCUT2D eigenvalue weighted by Crippen LogP contribution is 2.24. The van der Waals surface area contributed by atoms with Gasteiger partial charge in [-0.15, -0.1) is 0 Å². The van der Waals surface area contributed by atoms with E-state index in [-0.39, 0.29) is 22.4 Å². The minimum atomic E-state index is -3.71. The first-order valence-electron chi connectivity index (χ1n) is 8.73. The fourth-order valence-corrected chi connectivity index (χ4v) is 4.05. The van der Waals surface area contributed by atoms with Crippen LogP contribution in [-0.4, -0.2) is 32.8 Å². The molecule has 29 heavy (non-hydrogen) atoms. The highest BCUT2D eigenvalue weighted by molar-refractivity contribution is 7.90. The van der Waals surface area contributed by atoms with Crippen LogP contribution in [0, 0.1) is 5.92 Å². The Labute approximate surface area is 166 Å². The summed E-state index contributed by atoms with van der Waals surface area (Å²) in [5.74, 6) is -0.620. The zero-order valence-electron chi connectivity index (χ0n) is 15.6. The quantitative estimate of drug-likeness (QED) is 0.747. The van der Waals surface area contributed by atoms with Crippen LogP contribution in [0.4, 0.5) is 14.5 Å². The molecule has 2 aromatic rings. The van der Waals surface area contributed by atoms with Gasteiger partial charge in [-0.1, -0.05) is 26.0 Å². The second kappa shape index (κ2) is 8.16. The first kappa shape index (κ1) is 20.7. The van der Waals surface area contributed by atoms with Gasteiger partial charge < -0.3 is 10.1 Å². The van der Waals surface area contributed by atoms with Gasteiger partial charge in [0.25, 0.3) is 10.0 Å². The van der Waals surface area contributed by atoms with E-state index in [9.17, 15) is 22.0 Å². The van der Waals surface area contributed by atoms with Gasteiger partial charge in [-0.05, 0) is 42.3 Å². The number of sulfonamides is 1. The van der Waals surface area contributed by atoms with Crippen molar-refractivity contribution in [1.82, 2.24) is 4.72 Å². The summed E-state index contributed by atoms with van der Waals surface area (Å²) in [6.07, 6.45) is 0. The van der Waals surface area contributed by atoms with Crippen LogP contribution in [0.25, 0.3) is 0 Å². The molecule has 1 atom stereocenters. The molecule has 1 heterocycles. The molecule has 0 aliphatic carbocycles. The Hall–Kier alpha value is -3.01. The summed E-state index contributed by atoms with van der Waals surface area (Å²) in [4.78, 5) is 17.2. The minimum Gasteiger partial charge on any atom is -0.435 e. The number of alkyl halides is 2. The van der Waals surface area contributed by atoms with E-state index < -0.39 is 28.6 Å². The largest absolute Gasteiger partial charge is 0.435 e. The van der Waals surface area contributed by atoms with E-state index in [4.69, 9.17) is 0 Å². The van der Waals surface area contributed by atoms with E-state index in [1.54, 1.807) is 32.0 Å². The van der Waals surface area contributed by atoms with Gasteiger partial charge in [0.05, 0.1) is 4.90 Å². The molecule has 0 unspecified atom stereocenters. The Balaban J connectivity index is 1.82. The maximum Gasteiger partial charge on any atom is 0.387 e. The van der Waals surface area contributed by atoms with Crippen LogP contribution in [0.2, 0.25) is 0 Å². The molecule has 1 amide bonds. The standard InChI is InChI=1S/C19H19F2N3O4S/c1-11(2)16(18(25)22-12-7-9-13(10-8-12)28-19(20)21)23-17-14-5-3-4-6-15(14)29(26,27)24-17/h3-11,16,19H,1-2H3,(H,22,25)(H,23,24)/t16-/m1/s1. The molecule has 2 N–H and O–H groups in total. The highest BCUT2D eigenvalue weighted by Gasteiger charge is 2.32. The van der Waals surface area contributed by atoms with Crippen molar-refractivity contribution in [2.24, 2.45) is 10.9 Å². The number of hydrogen-bond donors (Lipinski definition) is 2. The van der Waals surface area contributed by atoms with Crippen LogP contribution in [0.5, 0.6) is 5.75 Å². The number of nitrogens with one attached hydrogen (secondary N) is 2. The fourth-order valence-electron chi connectivity index (χ4n) is 2.82. The average Bonchev–Trinajstić information content (AvgIpc) is 2.91. The Bertz CT molecular complexity index is 1040. The van der Waals surface area contributed by atoms with Gasteiger partial charge >= 0.3 is 6.61 Å². The summed E-state index contributed by atoms with van der Waals surface area (Å²) >= 11 is 0. The summed E-state index contributed by atoms with van der Waals surface area (Å²) in [5, 5.41) is 2.66. The molecule has 1 aliphatic rings. The van der Waals surface area contributed by atoms with Gasteiger partial charge in [0.15, 0.2) is 0 Å². The van der Waals surface area contributed by atoms with Crippen molar-refractivity contribution in [2.75, 3.05) is 5.32 Å². The van der Waals surface area contributed by atoms with E-state index >= 15 is 0 Å². The zero-order valence-corrected chi connectivity index (χ0v) is 16.4. The molecule has 0 aromatic heterocycles. The van der Waals surface area contributed by atoms with E-state index in [1.807, 2.05) is 0 Å². The molecule has 0 fully saturated rings. The van der Waals surface area contributed by atoms with Crippen LogP contribution in [-0.2, 0) is 14.8 Å². The van der Waals surface area contributed by atoms with Crippen LogP contribution in [0.3, 0.4) is 0 Å². The van der Waals surface area contributed by atoms with Gasteiger partial charge in [0.2, 0.25) is 5.91 Å². The monoisotopic (exact) mass is 423 g/mol. The Kier molecular flexibility index (Phi) is 5.83. The number of anilines is 1. The lowest BCUT2D eigenvalue weighted by molar-refractivity contribution is -0.118. The van der Waals surface area contributed by atoms with Crippen molar-refractivity contribution in [1.29, 1.82) is 0 Å². The maximum absolute atomic E-state index is 12.7. The molecule has 3 rings (SSSR count). The first-order chi connectivity index (χ1) is 13.7. The van der Waals surface area contributed by atoms with E-state index in [0.29, 0.717) is 11.3 Å². The number of amidine groups is 1. The summed E-state index contributed by atoms with van der Waals surface area (Å²) in [7, 11) is -3.71. The number of aliphatic imine (C=N–C) groups is 1. The summed E-state index contributed by atoms with van der Waals surface area (Å²) in [6, 6.07) is 11.0. The summed E-state index contributed by atoms with van der Waals surface area (Å²) in [6.45, 7) is 0.626. The number of rotatable bonds is 6. The third-order valence-electron chi connectivity index (χ3n) is 4.18. The highest BCUT2D eigenvalue weighted by atomic mass is 32.2. The Morgan fingerprint density at radius 3 is 2.38 bits per heavy atom. The lowest BCUT2D eigenvalue weighted by Crippen LogP contribution is -2.34. The van der Waals surface area contributed by atoms with Gasteiger partial charge in [-0.25, -0.2) is 8.42 Å². The number of benzene rings is 2. The Morgan fingerprint density at radius 1 is 1.10 bits per heavy atom. The number of carbonyl (C=O) groups excluding carboxylic acids is 1. The normalized spacial score (nSPS) is 17.1. The predicted octanol–water partition coefficient (Wildman–Crippen LogP) is 2.99. The van der Waals surface area contributed by atoms with Gasteiger partial charge in [0, 0.05) is 11.3 Å². The molecule has 7 nitrogen and oxygen atoms in total. The number of nitrogens with zero attached hydrogens (tertiary/aromatic N) is 1. The molecule has 10 heteroatoms. The number of amides is 1. The molecule has 154 valence electrons. The average molecular weight is 423 g/mol. The molecular formula is C19H19F2N3O4S. The van der Waals surface area contributed by atoms with Crippen molar-refractivity contribution in [2.45, 2.75) is 31.4 Å². The molecule has 0 saturated heterocycles. The molecule has 0 saturated carbocycles. The van der Waals surface area contributed by atoms with Crippen LogP contribution in [0.1, 0.15) is 19.4 Å². The summed E-state index contributed by atoms with van der Waals surface area (Å²) in [5.41, 5.74) is 0.773. The zero-order chi connectivity index (χ0) is 21.2. The third kappa shape index (κ3) is 4.70. The molecule has 0 radical (unpaired) electrons. The molecule has 2 aromatic carbocycles. The molecule has 0 spiro atoms. The van der Waals surface area contributed by atoms with Gasteiger partial charge in [-0.3, -0.25) is 14.5 Å². The maximum atomic E-state index is 12.7. The van der Waals surface area contributed by atoms with Gasteiger partial charge in [-0.2, -0.15) is 8.78 Å². The minimum absolute atomic E-state index is 0.0318. The number of ether oxygens (including phenoxy) is 1. The fraction of sp³-hybridized carbons (Fsp3) is 0.263. The van der Waals surface area contributed by atoms with Gasteiger partial charge in [0.1, 0.15) is 17.6 Å². The lowest BCUT2D eigenvalue weighted by atomic mass is 10.0. The second-order valence-corrected chi connectivity index (χ2v) is 8.31. The molecule has 1 aliphatic heterocycles. The van der Waals surface area contributed by atoms with Crippen LogP contribution in [0.15, 0.2) is 58.4 Å². The lowest BCUT2D eigenvalue weighted by Gasteiger charge is -2.17. The number of halogens is 2. The van der Waals surface area contributed by atoms with Crippen molar-refractivity contribution in [3.05, 3.63) is 54.1 Å². The summed E-state index contributed by atoms with van der Waals surface area (Å²) < 4.78 is 55.5. The van der Waals surface area contributed by atoms with Crippen molar-refractivity contribution >= 4 is 27.5 Å². The van der Waals surface area contributed by atoms with Crippen molar-refractivity contribution < 1.29 is 26.7 Å². The van der Waals surface area contributed by atoms with E-state index in [2.05, 4.69) is 19.8 Å². The first-order valence-corrected chi connectivity index (χ1v) is 10.2. The van der Waals surface area contributed by atoms with E-state index in [1.165, 1.54) is 30.3 Å². The second-order valence-electron chi connectivity index (χ2n) is 6.66. The number of fused-ring (bicyclic) bond motifs is 1. The Morgan fingerprint density at radius 2 is 1.76 bits per heavy atom. The molecule has 0 bridgehead atoms. The van der Waals surface area contributed by atoms with Crippen LogP contribution >= 0.6 is 0 Å². The van der Waals surface area contributed by atoms with Crippen LogP contribution < -0.4 is 14.8 Å². The number of hydrogen-bond acceptors (Lipinski definition) is 5.